The van der Waals surface area contributed by atoms with E-state index in [-0.39, 0.29) is 11.6 Å². The fourth-order valence-corrected chi connectivity index (χ4v) is 1.87. The standard InChI is InChI=1S/C16H10ClNO3/c17-12-6-3-11(4-7-12)5-8-15-18-14(16(19)21-15)10-13-2-1-9-20-13/h1-10H/b8-5+,14-10-. The summed E-state index contributed by atoms with van der Waals surface area (Å²) in [5.41, 5.74) is 1.14. The summed E-state index contributed by atoms with van der Waals surface area (Å²) in [6, 6.07) is 10.7. The zero-order valence-corrected chi connectivity index (χ0v) is 11.6. The molecule has 0 aliphatic carbocycles. The number of halogens is 1. The summed E-state index contributed by atoms with van der Waals surface area (Å²) in [4.78, 5) is 15.8. The van der Waals surface area contributed by atoms with Gasteiger partial charge in [0.2, 0.25) is 5.90 Å². The third kappa shape index (κ3) is 3.30. The maximum absolute atomic E-state index is 11.7. The van der Waals surface area contributed by atoms with E-state index >= 15 is 0 Å². The molecule has 0 bridgehead atoms. The number of cyclic esters (lactones) is 1. The number of rotatable bonds is 3. The number of ether oxygens (including phenoxy) is 1. The number of aliphatic imine (C=N–C) groups is 1. The monoisotopic (exact) mass is 299 g/mol. The lowest BCUT2D eigenvalue weighted by atomic mass is 10.2. The lowest BCUT2D eigenvalue weighted by Crippen LogP contribution is -2.00. The lowest BCUT2D eigenvalue weighted by Gasteiger charge is -1.93. The summed E-state index contributed by atoms with van der Waals surface area (Å²) in [7, 11) is 0. The molecule has 0 unspecified atom stereocenters. The Morgan fingerprint density at radius 2 is 1.90 bits per heavy atom. The Morgan fingerprint density at radius 1 is 1.10 bits per heavy atom. The highest BCUT2D eigenvalue weighted by atomic mass is 35.5. The minimum absolute atomic E-state index is 0.209. The molecule has 0 saturated heterocycles. The van der Waals surface area contributed by atoms with E-state index in [0.717, 1.165) is 5.56 Å². The predicted octanol–water partition coefficient (Wildman–Crippen LogP) is 3.94. The molecule has 1 aromatic heterocycles. The van der Waals surface area contributed by atoms with Crippen LogP contribution in [-0.2, 0) is 9.53 Å². The second kappa shape index (κ2) is 5.81. The van der Waals surface area contributed by atoms with Crippen molar-refractivity contribution in [3.05, 3.63) is 70.8 Å². The fraction of sp³-hybridized carbons (Fsp3) is 0. The molecule has 104 valence electrons. The number of carbonyl (C=O) groups excluding carboxylic acids is 1. The van der Waals surface area contributed by atoms with Crippen molar-refractivity contribution in [2.45, 2.75) is 0 Å². The molecule has 0 amide bonds. The van der Waals surface area contributed by atoms with Gasteiger partial charge >= 0.3 is 5.97 Å². The van der Waals surface area contributed by atoms with Gasteiger partial charge in [-0.2, -0.15) is 0 Å². The Kier molecular flexibility index (Phi) is 3.71. The fourth-order valence-electron chi connectivity index (χ4n) is 1.75. The summed E-state index contributed by atoms with van der Waals surface area (Å²) >= 11 is 5.81. The van der Waals surface area contributed by atoms with Crippen molar-refractivity contribution in [3.63, 3.8) is 0 Å². The Morgan fingerprint density at radius 3 is 2.62 bits per heavy atom. The van der Waals surface area contributed by atoms with Gasteiger partial charge in [-0.15, -0.1) is 0 Å². The van der Waals surface area contributed by atoms with E-state index in [0.29, 0.717) is 10.8 Å². The Bertz CT molecular complexity index is 740. The van der Waals surface area contributed by atoms with Crippen molar-refractivity contribution in [2.24, 2.45) is 4.99 Å². The second-order valence-electron chi connectivity index (χ2n) is 4.27. The summed E-state index contributed by atoms with van der Waals surface area (Å²) < 4.78 is 10.2. The number of nitrogens with zero attached hydrogens (tertiary/aromatic N) is 1. The van der Waals surface area contributed by atoms with Crippen molar-refractivity contribution in [2.75, 3.05) is 0 Å². The first-order valence-corrected chi connectivity index (χ1v) is 6.58. The van der Waals surface area contributed by atoms with Crippen molar-refractivity contribution < 1.29 is 13.9 Å². The molecular weight excluding hydrogens is 290 g/mol. The second-order valence-corrected chi connectivity index (χ2v) is 4.71. The Hall–Kier alpha value is -2.59. The number of hydrogen-bond donors (Lipinski definition) is 0. The van der Waals surface area contributed by atoms with Crippen LogP contribution in [0, 0.1) is 0 Å². The van der Waals surface area contributed by atoms with Gasteiger partial charge in [0, 0.05) is 17.2 Å². The highest BCUT2D eigenvalue weighted by Gasteiger charge is 2.21. The number of benzene rings is 1. The molecule has 21 heavy (non-hydrogen) atoms. The van der Waals surface area contributed by atoms with Crippen LogP contribution in [0.3, 0.4) is 0 Å². The lowest BCUT2D eigenvalue weighted by molar-refractivity contribution is -0.129. The first-order valence-electron chi connectivity index (χ1n) is 6.20. The third-order valence-electron chi connectivity index (χ3n) is 2.75. The number of carbonyl (C=O) groups is 1. The van der Waals surface area contributed by atoms with E-state index in [1.165, 1.54) is 12.3 Å². The molecule has 0 fully saturated rings. The summed E-state index contributed by atoms with van der Waals surface area (Å²) in [5.74, 6) is 0.295. The molecule has 2 aromatic rings. The van der Waals surface area contributed by atoms with Gasteiger partial charge in [-0.05, 0) is 35.9 Å². The van der Waals surface area contributed by atoms with Gasteiger partial charge in [0.1, 0.15) is 5.76 Å². The van der Waals surface area contributed by atoms with Crippen LogP contribution < -0.4 is 0 Å². The molecule has 3 rings (SSSR count). The van der Waals surface area contributed by atoms with Gasteiger partial charge in [0.15, 0.2) is 5.70 Å². The van der Waals surface area contributed by atoms with Crippen molar-refractivity contribution in [3.8, 4) is 0 Å². The van der Waals surface area contributed by atoms with Crippen LogP contribution in [-0.4, -0.2) is 11.9 Å². The first kappa shape index (κ1) is 13.4. The van der Waals surface area contributed by atoms with E-state index < -0.39 is 5.97 Å². The molecule has 1 aliphatic heterocycles. The molecule has 0 spiro atoms. The quantitative estimate of drug-likeness (QED) is 0.637. The molecule has 1 aromatic carbocycles. The van der Waals surface area contributed by atoms with Crippen LogP contribution in [0.1, 0.15) is 11.3 Å². The Balaban J connectivity index is 1.77. The van der Waals surface area contributed by atoms with E-state index in [1.807, 2.05) is 12.1 Å². The number of hydrogen-bond acceptors (Lipinski definition) is 4. The average molecular weight is 300 g/mol. The van der Waals surface area contributed by atoms with Crippen molar-refractivity contribution >= 4 is 35.6 Å². The normalized spacial score (nSPS) is 16.5. The van der Waals surface area contributed by atoms with Gasteiger partial charge in [0.05, 0.1) is 6.26 Å². The van der Waals surface area contributed by atoms with Crippen LogP contribution in [0.2, 0.25) is 5.02 Å². The van der Waals surface area contributed by atoms with E-state index in [4.69, 9.17) is 20.8 Å². The summed E-state index contributed by atoms with van der Waals surface area (Å²) in [6.07, 6.45) is 6.48. The molecule has 0 radical (unpaired) electrons. The maximum Gasteiger partial charge on any atom is 0.363 e. The third-order valence-corrected chi connectivity index (χ3v) is 3.00. The van der Waals surface area contributed by atoms with Crippen molar-refractivity contribution in [1.29, 1.82) is 0 Å². The highest BCUT2D eigenvalue weighted by molar-refractivity contribution is 6.30. The summed E-state index contributed by atoms with van der Waals surface area (Å²) in [6.45, 7) is 0. The Labute approximate surface area is 126 Å². The first-order chi connectivity index (χ1) is 10.2. The molecule has 0 saturated carbocycles. The molecular formula is C16H10ClNO3. The van der Waals surface area contributed by atoms with Gasteiger partial charge in [-0.25, -0.2) is 9.79 Å². The number of esters is 1. The SMILES string of the molecule is O=C1OC(/C=C/c2ccc(Cl)cc2)=NC/1=C\c1ccco1. The zero-order chi connectivity index (χ0) is 14.7. The van der Waals surface area contributed by atoms with Gasteiger partial charge in [-0.3, -0.25) is 0 Å². The minimum atomic E-state index is -0.498. The van der Waals surface area contributed by atoms with E-state index in [1.54, 1.807) is 36.4 Å². The van der Waals surface area contributed by atoms with Crippen LogP contribution in [0.15, 0.2) is 63.8 Å². The molecule has 0 atom stereocenters. The molecule has 4 nitrogen and oxygen atoms in total. The zero-order valence-electron chi connectivity index (χ0n) is 10.8. The van der Waals surface area contributed by atoms with Crippen LogP contribution in [0.5, 0.6) is 0 Å². The topological polar surface area (TPSA) is 51.8 Å². The van der Waals surface area contributed by atoms with Crippen LogP contribution in [0.4, 0.5) is 0 Å². The molecule has 2 heterocycles. The smallest absolute Gasteiger partial charge is 0.363 e. The summed E-state index contributed by atoms with van der Waals surface area (Å²) in [5, 5.41) is 0.667. The van der Waals surface area contributed by atoms with Crippen LogP contribution in [0.25, 0.3) is 12.2 Å². The maximum atomic E-state index is 11.7. The van der Waals surface area contributed by atoms with E-state index in [2.05, 4.69) is 4.99 Å². The minimum Gasteiger partial charge on any atom is -0.465 e. The predicted molar refractivity (Wildman–Crippen MR) is 80.7 cm³/mol. The van der Waals surface area contributed by atoms with Gasteiger partial charge in [0.25, 0.3) is 0 Å². The van der Waals surface area contributed by atoms with E-state index in [9.17, 15) is 4.79 Å². The number of furan rings is 1. The van der Waals surface area contributed by atoms with Gasteiger partial charge in [-0.1, -0.05) is 23.7 Å². The average Bonchev–Trinajstić information content (AvgIpc) is 3.10. The highest BCUT2D eigenvalue weighted by Crippen LogP contribution is 2.17. The largest absolute Gasteiger partial charge is 0.465 e. The molecule has 5 heteroatoms. The van der Waals surface area contributed by atoms with Gasteiger partial charge < -0.3 is 9.15 Å². The van der Waals surface area contributed by atoms with Crippen molar-refractivity contribution in [1.82, 2.24) is 0 Å². The molecule has 1 aliphatic rings. The van der Waals surface area contributed by atoms with Crippen LogP contribution >= 0.6 is 11.6 Å². The molecule has 0 N–H and O–H groups in total.